The molecule has 9 heavy (non-hydrogen) atoms. The minimum Gasteiger partial charge on any atom is -0.392 e. The van der Waals surface area contributed by atoms with Gasteiger partial charge >= 0.3 is 0 Å². The SMILES string of the molecule is CCCC1CC(C)=NO1. The summed E-state index contributed by atoms with van der Waals surface area (Å²) in [6.45, 7) is 4.17. The van der Waals surface area contributed by atoms with Crippen LogP contribution in [0, 0.1) is 0 Å². The molecule has 0 N–H and O–H groups in total. The van der Waals surface area contributed by atoms with Crippen LogP contribution in [0.2, 0.25) is 0 Å². The molecular weight excluding hydrogens is 114 g/mol. The molecule has 0 aromatic rings. The van der Waals surface area contributed by atoms with Gasteiger partial charge in [0, 0.05) is 6.42 Å². The van der Waals surface area contributed by atoms with Crippen molar-refractivity contribution in [1.82, 2.24) is 0 Å². The van der Waals surface area contributed by atoms with Crippen molar-refractivity contribution in [2.75, 3.05) is 0 Å². The van der Waals surface area contributed by atoms with Crippen molar-refractivity contribution in [3.05, 3.63) is 0 Å². The fraction of sp³-hybridized carbons (Fsp3) is 0.857. The molecule has 2 nitrogen and oxygen atoms in total. The van der Waals surface area contributed by atoms with E-state index in [0.29, 0.717) is 6.10 Å². The standard InChI is InChI=1S/C7H13NO/c1-3-4-7-5-6(2)8-9-7/h7H,3-5H2,1-2H3. The third-order valence-electron chi connectivity index (χ3n) is 1.49. The van der Waals surface area contributed by atoms with Crippen molar-refractivity contribution in [3.8, 4) is 0 Å². The molecular formula is C7H13NO. The van der Waals surface area contributed by atoms with E-state index in [-0.39, 0.29) is 0 Å². The maximum absolute atomic E-state index is 5.09. The molecule has 0 aromatic heterocycles. The molecule has 1 heterocycles. The first kappa shape index (κ1) is 6.59. The normalized spacial score (nSPS) is 25.6. The lowest BCUT2D eigenvalue weighted by atomic mass is 10.1. The van der Waals surface area contributed by atoms with Gasteiger partial charge in [0.25, 0.3) is 0 Å². The Bertz CT molecular complexity index is 120. The van der Waals surface area contributed by atoms with Crippen molar-refractivity contribution >= 4 is 5.71 Å². The van der Waals surface area contributed by atoms with Gasteiger partial charge in [-0.15, -0.1) is 0 Å². The number of hydrogen-bond acceptors (Lipinski definition) is 2. The summed E-state index contributed by atoms with van der Waals surface area (Å²) in [5, 5.41) is 3.85. The minimum absolute atomic E-state index is 0.384. The van der Waals surface area contributed by atoms with Gasteiger partial charge in [-0.1, -0.05) is 18.5 Å². The fourth-order valence-electron chi connectivity index (χ4n) is 1.05. The van der Waals surface area contributed by atoms with Gasteiger partial charge in [-0.3, -0.25) is 0 Å². The fourth-order valence-corrected chi connectivity index (χ4v) is 1.05. The molecule has 0 saturated heterocycles. The second-order valence-corrected chi connectivity index (χ2v) is 2.55. The minimum atomic E-state index is 0.384. The maximum Gasteiger partial charge on any atom is 0.132 e. The molecule has 0 amide bonds. The van der Waals surface area contributed by atoms with Gasteiger partial charge in [-0.25, -0.2) is 0 Å². The van der Waals surface area contributed by atoms with Crippen LogP contribution in [0.25, 0.3) is 0 Å². The first-order chi connectivity index (χ1) is 4.33. The molecule has 52 valence electrons. The number of nitrogens with zero attached hydrogens (tertiary/aromatic N) is 1. The third-order valence-corrected chi connectivity index (χ3v) is 1.49. The highest BCUT2D eigenvalue weighted by molar-refractivity contribution is 5.82. The zero-order valence-electron chi connectivity index (χ0n) is 6.05. The molecule has 1 aliphatic rings. The highest BCUT2D eigenvalue weighted by atomic mass is 16.6. The quantitative estimate of drug-likeness (QED) is 0.555. The Labute approximate surface area is 55.9 Å². The molecule has 1 rings (SSSR count). The predicted molar refractivity (Wildman–Crippen MR) is 37.5 cm³/mol. The van der Waals surface area contributed by atoms with Crippen LogP contribution in [0.1, 0.15) is 33.1 Å². The van der Waals surface area contributed by atoms with Crippen LogP contribution in [-0.4, -0.2) is 11.8 Å². The van der Waals surface area contributed by atoms with E-state index in [1.165, 1.54) is 6.42 Å². The highest BCUT2D eigenvalue weighted by Crippen LogP contribution is 2.14. The Morgan fingerprint density at radius 3 is 3.00 bits per heavy atom. The zero-order chi connectivity index (χ0) is 6.69. The molecule has 2 heteroatoms. The Balaban J connectivity index is 2.21. The Kier molecular flexibility index (Phi) is 2.09. The van der Waals surface area contributed by atoms with E-state index in [2.05, 4.69) is 12.1 Å². The summed E-state index contributed by atoms with van der Waals surface area (Å²) in [5.41, 5.74) is 1.13. The molecule has 1 atom stereocenters. The van der Waals surface area contributed by atoms with Crippen LogP contribution in [0.4, 0.5) is 0 Å². The molecule has 0 radical (unpaired) electrons. The summed E-state index contributed by atoms with van der Waals surface area (Å²) in [4.78, 5) is 5.09. The lowest BCUT2D eigenvalue weighted by Crippen LogP contribution is -2.04. The zero-order valence-corrected chi connectivity index (χ0v) is 6.05. The van der Waals surface area contributed by atoms with Crippen LogP contribution in [0.15, 0.2) is 5.16 Å². The predicted octanol–water partition coefficient (Wildman–Crippen LogP) is 1.95. The summed E-state index contributed by atoms with van der Waals surface area (Å²) in [6, 6.07) is 0. The third kappa shape index (κ3) is 1.70. The average Bonchev–Trinajstić information content (AvgIpc) is 2.17. The van der Waals surface area contributed by atoms with Gasteiger partial charge in [0.2, 0.25) is 0 Å². The van der Waals surface area contributed by atoms with Crippen LogP contribution >= 0.6 is 0 Å². The summed E-state index contributed by atoms with van der Waals surface area (Å²) >= 11 is 0. The largest absolute Gasteiger partial charge is 0.392 e. The summed E-state index contributed by atoms with van der Waals surface area (Å²) < 4.78 is 0. The molecule has 0 aromatic carbocycles. The van der Waals surface area contributed by atoms with Crippen LogP contribution in [-0.2, 0) is 4.84 Å². The van der Waals surface area contributed by atoms with Crippen molar-refractivity contribution in [1.29, 1.82) is 0 Å². The average molecular weight is 127 g/mol. The lowest BCUT2D eigenvalue weighted by Gasteiger charge is -2.03. The van der Waals surface area contributed by atoms with E-state index < -0.39 is 0 Å². The van der Waals surface area contributed by atoms with Crippen LogP contribution < -0.4 is 0 Å². The molecule has 0 aliphatic carbocycles. The van der Waals surface area contributed by atoms with E-state index in [1.54, 1.807) is 0 Å². The molecule has 1 unspecified atom stereocenters. The first-order valence-electron chi connectivity index (χ1n) is 3.52. The second-order valence-electron chi connectivity index (χ2n) is 2.55. The van der Waals surface area contributed by atoms with E-state index in [1.807, 2.05) is 6.92 Å². The smallest absolute Gasteiger partial charge is 0.132 e. The first-order valence-corrected chi connectivity index (χ1v) is 3.52. The molecule has 0 saturated carbocycles. The molecule has 1 aliphatic heterocycles. The summed E-state index contributed by atoms with van der Waals surface area (Å²) in [7, 11) is 0. The monoisotopic (exact) mass is 127 g/mol. The van der Waals surface area contributed by atoms with E-state index in [0.717, 1.165) is 18.6 Å². The second kappa shape index (κ2) is 2.85. The number of oxime groups is 1. The van der Waals surface area contributed by atoms with Gasteiger partial charge in [0.1, 0.15) is 6.10 Å². The Hall–Kier alpha value is -0.530. The number of hydrogen-bond donors (Lipinski definition) is 0. The summed E-state index contributed by atoms with van der Waals surface area (Å²) in [6.07, 6.45) is 3.75. The van der Waals surface area contributed by atoms with Crippen molar-refractivity contribution in [3.63, 3.8) is 0 Å². The molecule has 0 spiro atoms. The van der Waals surface area contributed by atoms with E-state index >= 15 is 0 Å². The topological polar surface area (TPSA) is 21.6 Å². The molecule has 0 fully saturated rings. The van der Waals surface area contributed by atoms with E-state index in [9.17, 15) is 0 Å². The molecule has 0 bridgehead atoms. The summed E-state index contributed by atoms with van der Waals surface area (Å²) in [5.74, 6) is 0. The van der Waals surface area contributed by atoms with Gasteiger partial charge in [0.05, 0.1) is 5.71 Å². The van der Waals surface area contributed by atoms with Gasteiger partial charge in [0.15, 0.2) is 0 Å². The lowest BCUT2D eigenvalue weighted by molar-refractivity contribution is 0.0786. The van der Waals surface area contributed by atoms with Gasteiger partial charge < -0.3 is 4.84 Å². The maximum atomic E-state index is 5.09. The van der Waals surface area contributed by atoms with Gasteiger partial charge in [-0.05, 0) is 13.3 Å². The Morgan fingerprint density at radius 1 is 1.78 bits per heavy atom. The van der Waals surface area contributed by atoms with E-state index in [4.69, 9.17) is 4.84 Å². The van der Waals surface area contributed by atoms with Crippen LogP contribution in [0.5, 0.6) is 0 Å². The van der Waals surface area contributed by atoms with Gasteiger partial charge in [-0.2, -0.15) is 0 Å². The Morgan fingerprint density at radius 2 is 2.56 bits per heavy atom. The highest BCUT2D eigenvalue weighted by Gasteiger charge is 2.15. The van der Waals surface area contributed by atoms with Crippen LogP contribution in [0.3, 0.4) is 0 Å². The van der Waals surface area contributed by atoms with Crippen molar-refractivity contribution in [2.24, 2.45) is 5.16 Å². The van der Waals surface area contributed by atoms with Crippen molar-refractivity contribution in [2.45, 2.75) is 39.2 Å². The van der Waals surface area contributed by atoms with Crippen molar-refractivity contribution < 1.29 is 4.84 Å². The number of rotatable bonds is 2.